The van der Waals surface area contributed by atoms with Crippen LogP contribution in [0.1, 0.15) is 51.9 Å². The van der Waals surface area contributed by atoms with Gasteiger partial charge in [-0.1, -0.05) is 50.3 Å². The molecule has 0 bridgehead atoms. The number of allylic oxidation sites excluding steroid dienone is 2. The highest BCUT2D eigenvalue weighted by atomic mass is 35.5. The molecule has 0 spiro atoms. The summed E-state index contributed by atoms with van der Waals surface area (Å²) in [5, 5.41) is 1.09. The highest BCUT2D eigenvalue weighted by Gasteiger charge is 2.14. The third kappa shape index (κ3) is 3.62. The first kappa shape index (κ1) is 10.1. The molecule has 12 heavy (non-hydrogen) atoms. The fourth-order valence-electron chi connectivity index (χ4n) is 1.82. The first-order valence-corrected chi connectivity index (χ1v) is 5.55. The van der Waals surface area contributed by atoms with Crippen molar-refractivity contribution in [3.8, 4) is 0 Å². The van der Waals surface area contributed by atoms with Gasteiger partial charge in [-0.3, -0.25) is 0 Å². The standard InChI is InChI=1S/C11H19Cl/c1-2-3-4-5-6-10-7-8-11(12)9-10/h8,10H,2-7,9H2,1H3/i8+1. The Morgan fingerprint density at radius 3 is 2.83 bits per heavy atom. The molecule has 1 unspecified atom stereocenters. The van der Waals surface area contributed by atoms with E-state index in [1.165, 1.54) is 38.5 Å². The summed E-state index contributed by atoms with van der Waals surface area (Å²) >= 11 is 5.91. The van der Waals surface area contributed by atoms with Crippen LogP contribution < -0.4 is 0 Å². The van der Waals surface area contributed by atoms with Gasteiger partial charge in [0.25, 0.3) is 0 Å². The Kier molecular flexibility index (Phi) is 4.75. The van der Waals surface area contributed by atoms with Crippen molar-refractivity contribution in [3.05, 3.63) is 11.1 Å². The molecule has 1 atom stereocenters. The highest BCUT2D eigenvalue weighted by Crippen LogP contribution is 2.31. The second-order valence-corrected chi connectivity index (χ2v) is 4.29. The van der Waals surface area contributed by atoms with Crippen LogP contribution in [-0.2, 0) is 0 Å². The zero-order chi connectivity index (χ0) is 8.81. The Bertz CT molecular complexity index is 149. The van der Waals surface area contributed by atoms with E-state index < -0.39 is 0 Å². The largest absolute Gasteiger partial charge is 0.0895 e. The van der Waals surface area contributed by atoms with Gasteiger partial charge >= 0.3 is 0 Å². The maximum Gasteiger partial charge on any atom is 0.0144 e. The van der Waals surface area contributed by atoms with Gasteiger partial charge in [0.1, 0.15) is 0 Å². The highest BCUT2D eigenvalue weighted by molar-refractivity contribution is 6.29. The number of hydrogen-bond donors (Lipinski definition) is 0. The molecular formula is C11H19Cl. The zero-order valence-corrected chi connectivity index (χ0v) is 8.74. The first-order valence-electron chi connectivity index (χ1n) is 5.17. The van der Waals surface area contributed by atoms with Crippen LogP contribution in [0.15, 0.2) is 11.1 Å². The molecule has 1 heteroatoms. The maximum atomic E-state index is 5.91. The molecule has 0 aromatic carbocycles. The molecule has 0 radical (unpaired) electrons. The first-order chi connectivity index (χ1) is 5.83. The van der Waals surface area contributed by atoms with Crippen LogP contribution in [0.5, 0.6) is 0 Å². The molecule has 1 aliphatic rings. The molecular weight excluding hydrogens is 169 g/mol. The van der Waals surface area contributed by atoms with Gasteiger partial charge in [0.15, 0.2) is 0 Å². The lowest BCUT2D eigenvalue weighted by Crippen LogP contribution is -1.93. The monoisotopic (exact) mass is 187 g/mol. The summed E-state index contributed by atoms with van der Waals surface area (Å²) in [5.41, 5.74) is 0. The average Bonchev–Trinajstić information content (AvgIpc) is 2.45. The van der Waals surface area contributed by atoms with Crippen LogP contribution in [0.25, 0.3) is 0 Å². The van der Waals surface area contributed by atoms with Gasteiger partial charge in [0, 0.05) is 5.03 Å². The molecule has 0 aromatic heterocycles. The molecule has 1 rings (SSSR count). The predicted molar refractivity (Wildman–Crippen MR) is 55.4 cm³/mol. The van der Waals surface area contributed by atoms with Crippen LogP contribution in [-0.4, -0.2) is 0 Å². The van der Waals surface area contributed by atoms with Crippen molar-refractivity contribution in [1.82, 2.24) is 0 Å². The van der Waals surface area contributed by atoms with Gasteiger partial charge in [-0.25, -0.2) is 0 Å². The molecule has 0 nitrogen and oxygen atoms in total. The third-order valence-electron chi connectivity index (χ3n) is 2.62. The Morgan fingerprint density at radius 1 is 1.42 bits per heavy atom. The van der Waals surface area contributed by atoms with Crippen molar-refractivity contribution in [1.29, 1.82) is 0 Å². The summed E-state index contributed by atoms with van der Waals surface area (Å²) in [6.07, 6.45) is 11.5. The van der Waals surface area contributed by atoms with Gasteiger partial charge in [-0.2, -0.15) is 0 Å². The summed E-state index contributed by atoms with van der Waals surface area (Å²) in [6, 6.07) is 0. The summed E-state index contributed by atoms with van der Waals surface area (Å²) < 4.78 is 0. The van der Waals surface area contributed by atoms with Crippen LogP contribution in [0.3, 0.4) is 0 Å². The molecule has 0 saturated heterocycles. The number of hydrogen-bond acceptors (Lipinski definition) is 0. The lowest BCUT2D eigenvalue weighted by Gasteiger charge is -2.07. The Balaban J connectivity index is 1.95. The van der Waals surface area contributed by atoms with Crippen molar-refractivity contribution < 1.29 is 0 Å². The van der Waals surface area contributed by atoms with E-state index in [0.29, 0.717) is 0 Å². The minimum absolute atomic E-state index is 0.870. The maximum absolute atomic E-state index is 5.91. The molecule has 0 aliphatic heterocycles. The Labute approximate surface area is 81.0 Å². The Morgan fingerprint density at radius 2 is 2.25 bits per heavy atom. The van der Waals surface area contributed by atoms with Gasteiger partial charge in [0.2, 0.25) is 0 Å². The molecule has 0 N–H and O–H groups in total. The lowest BCUT2D eigenvalue weighted by molar-refractivity contribution is 0.478. The van der Waals surface area contributed by atoms with Crippen LogP contribution in [0.4, 0.5) is 0 Å². The fraction of sp³-hybridized carbons (Fsp3) is 0.818. The average molecular weight is 188 g/mol. The minimum atomic E-state index is 0.870. The quantitative estimate of drug-likeness (QED) is 0.440. The molecule has 0 amide bonds. The molecule has 1 aliphatic carbocycles. The van der Waals surface area contributed by atoms with E-state index in [1.54, 1.807) is 0 Å². The smallest absolute Gasteiger partial charge is 0.0144 e. The number of unbranched alkanes of at least 4 members (excludes halogenated alkanes) is 3. The topological polar surface area (TPSA) is 0 Å². The SMILES string of the molecule is CCCCCCC1C[13CH]=C(Cl)C1. The summed E-state index contributed by atoms with van der Waals surface area (Å²) in [6.45, 7) is 2.26. The third-order valence-corrected chi connectivity index (χ3v) is 2.93. The van der Waals surface area contributed by atoms with E-state index in [4.69, 9.17) is 11.6 Å². The van der Waals surface area contributed by atoms with Crippen LogP contribution in [0.2, 0.25) is 0 Å². The summed E-state index contributed by atoms with van der Waals surface area (Å²) in [4.78, 5) is 0. The van der Waals surface area contributed by atoms with E-state index in [-0.39, 0.29) is 0 Å². The summed E-state index contributed by atoms with van der Waals surface area (Å²) in [5.74, 6) is 0.870. The number of halogens is 1. The van der Waals surface area contributed by atoms with Gasteiger partial charge < -0.3 is 0 Å². The second-order valence-electron chi connectivity index (χ2n) is 3.81. The van der Waals surface area contributed by atoms with E-state index in [2.05, 4.69) is 13.0 Å². The van der Waals surface area contributed by atoms with Crippen molar-refractivity contribution in [2.45, 2.75) is 51.9 Å². The van der Waals surface area contributed by atoms with Crippen molar-refractivity contribution in [3.63, 3.8) is 0 Å². The predicted octanol–water partition coefficient (Wildman–Crippen LogP) is 4.49. The van der Waals surface area contributed by atoms with Gasteiger partial charge in [-0.15, -0.1) is 0 Å². The molecule has 0 saturated carbocycles. The summed E-state index contributed by atoms with van der Waals surface area (Å²) in [7, 11) is 0. The van der Waals surface area contributed by atoms with E-state index in [0.717, 1.165) is 17.4 Å². The van der Waals surface area contributed by atoms with E-state index >= 15 is 0 Å². The fourth-order valence-corrected chi connectivity index (χ4v) is 2.12. The number of rotatable bonds is 5. The van der Waals surface area contributed by atoms with Crippen LogP contribution >= 0.6 is 11.6 Å². The van der Waals surface area contributed by atoms with E-state index in [1.807, 2.05) is 0 Å². The lowest BCUT2D eigenvalue weighted by atomic mass is 10.00. The van der Waals surface area contributed by atoms with Gasteiger partial charge in [0.05, 0.1) is 0 Å². The normalized spacial score (nSPS) is 22.8. The molecule has 0 heterocycles. The second kappa shape index (κ2) is 5.64. The minimum Gasteiger partial charge on any atom is -0.0895 e. The van der Waals surface area contributed by atoms with Crippen molar-refractivity contribution in [2.75, 3.05) is 0 Å². The van der Waals surface area contributed by atoms with Gasteiger partial charge in [-0.05, 0) is 25.2 Å². The zero-order valence-electron chi connectivity index (χ0n) is 7.98. The van der Waals surface area contributed by atoms with Crippen LogP contribution in [0, 0.1) is 5.92 Å². The molecule has 0 aromatic rings. The molecule has 70 valence electrons. The Hall–Kier alpha value is 0.0300. The van der Waals surface area contributed by atoms with Crippen molar-refractivity contribution >= 4 is 11.6 Å². The van der Waals surface area contributed by atoms with Crippen molar-refractivity contribution in [2.24, 2.45) is 5.92 Å². The molecule has 0 fully saturated rings. The van der Waals surface area contributed by atoms with E-state index in [9.17, 15) is 0 Å².